The highest BCUT2D eigenvalue weighted by Crippen LogP contribution is 2.24. The molecule has 2 amide bonds. The van der Waals surface area contributed by atoms with Gasteiger partial charge in [-0.2, -0.15) is 0 Å². The number of hydrogen-bond acceptors (Lipinski definition) is 6. The van der Waals surface area contributed by atoms with Gasteiger partial charge in [0.05, 0.1) is 22.1 Å². The van der Waals surface area contributed by atoms with Gasteiger partial charge < -0.3 is 0 Å². The van der Waals surface area contributed by atoms with E-state index in [4.69, 9.17) is 0 Å². The van der Waals surface area contributed by atoms with Crippen LogP contribution in [-0.4, -0.2) is 46.2 Å². The Morgan fingerprint density at radius 3 is 2.16 bits per heavy atom. The molecule has 136 valence electrons. The van der Waals surface area contributed by atoms with Crippen LogP contribution >= 0.6 is 0 Å². The van der Waals surface area contributed by atoms with E-state index in [0.717, 1.165) is 4.90 Å². The van der Waals surface area contributed by atoms with Crippen molar-refractivity contribution in [1.29, 1.82) is 0 Å². The number of carbonyl (C=O) groups is 2. The van der Waals surface area contributed by atoms with Gasteiger partial charge in [0.1, 0.15) is 0 Å². The van der Waals surface area contributed by atoms with E-state index in [1.807, 2.05) is 0 Å². The van der Waals surface area contributed by atoms with Crippen LogP contribution in [0.4, 0.5) is 5.69 Å². The molecule has 0 aliphatic carbocycles. The van der Waals surface area contributed by atoms with Crippen LogP contribution in [0.3, 0.4) is 0 Å². The number of nitrogens with zero attached hydrogens (tertiary/aromatic N) is 1. The quantitative estimate of drug-likeness (QED) is 0.739. The van der Waals surface area contributed by atoms with Gasteiger partial charge in [-0.1, -0.05) is 0 Å². The predicted octanol–water partition coefficient (Wildman–Crippen LogP) is 0.196. The average Bonchev–Trinajstić information content (AvgIpc) is 2.86. The van der Waals surface area contributed by atoms with Crippen LogP contribution in [-0.2, 0) is 29.4 Å². The summed E-state index contributed by atoms with van der Waals surface area (Å²) >= 11 is 0. The standard InChI is InChI=1S/C15H18N2O6S2/c18-14-2-1-3-15(19)17(14)12-4-6-13(7-5-12)25(22,23)16-11-8-9-24(20,21)10-11/h4-7,11,16H,1-3,8-10H2. The summed E-state index contributed by atoms with van der Waals surface area (Å²) in [4.78, 5) is 24.8. The van der Waals surface area contributed by atoms with Crippen molar-refractivity contribution >= 4 is 37.4 Å². The molecule has 8 nitrogen and oxygen atoms in total. The van der Waals surface area contributed by atoms with Crippen molar-refractivity contribution in [3.8, 4) is 0 Å². The molecule has 2 saturated heterocycles. The van der Waals surface area contributed by atoms with Crippen molar-refractivity contribution in [1.82, 2.24) is 4.72 Å². The average molecular weight is 386 g/mol. The van der Waals surface area contributed by atoms with E-state index >= 15 is 0 Å². The number of benzene rings is 1. The van der Waals surface area contributed by atoms with Crippen molar-refractivity contribution in [2.45, 2.75) is 36.6 Å². The number of nitrogens with one attached hydrogen (secondary N) is 1. The lowest BCUT2D eigenvalue weighted by atomic mass is 10.1. The molecule has 1 atom stereocenters. The second-order valence-corrected chi connectivity index (χ2v) is 10.1. The first kappa shape index (κ1) is 18.0. The zero-order valence-electron chi connectivity index (χ0n) is 13.3. The molecule has 2 fully saturated rings. The Hall–Kier alpha value is -1.78. The molecule has 2 heterocycles. The second kappa shape index (κ2) is 6.50. The fourth-order valence-electron chi connectivity index (χ4n) is 2.99. The van der Waals surface area contributed by atoms with Crippen molar-refractivity contribution < 1.29 is 26.4 Å². The third-order valence-electron chi connectivity index (χ3n) is 4.24. The van der Waals surface area contributed by atoms with E-state index in [9.17, 15) is 26.4 Å². The van der Waals surface area contributed by atoms with Crippen molar-refractivity contribution in [3.05, 3.63) is 24.3 Å². The molecule has 1 unspecified atom stereocenters. The van der Waals surface area contributed by atoms with Gasteiger partial charge >= 0.3 is 0 Å². The molecule has 0 saturated carbocycles. The summed E-state index contributed by atoms with van der Waals surface area (Å²) in [5.41, 5.74) is 0.331. The van der Waals surface area contributed by atoms with Gasteiger partial charge in [0.25, 0.3) is 0 Å². The summed E-state index contributed by atoms with van der Waals surface area (Å²) in [6.07, 6.45) is 1.33. The molecule has 1 aromatic carbocycles. The minimum Gasteiger partial charge on any atom is -0.274 e. The Kier molecular flexibility index (Phi) is 4.69. The molecule has 0 spiro atoms. The smallest absolute Gasteiger partial charge is 0.240 e. The monoisotopic (exact) mass is 386 g/mol. The number of amides is 2. The number of sulfone groups is 1. The number of hydrogen-bond donors (Lipinski definition) is 1. The minimum absolute atomic E-state index is 0.0295. The van der Waals surface area contributed by atoms with Gasteiger partial charge in [0.2, 0.25) is 21.8 Å². The molecular weight excluding hydrogens is 368 g/mol. The van der Waals surface area contributed by atoms with Gasteiger partial charge in [-0.25, -0.2) is 21.6 Å². The van der Waals surface area contributed by atoms with Gasteiger partial charge in [0.15, 0.2) is 9.84 Å². The lowest BCUT2D eigenvalue weighted by molar-refractivity contribution is -0.129. The van der Waals surface area contributed by atoms with Crippen LogP contribution in [0.2, 0.25) is 0 Å². The number of piperidine rings is 1. The maximum absolute atomic E-state index is 12.4. The van der Waals surface area contributed by atoms with E-state index in [0.29, 0.717) is 12.1 Å². The van der Waals surface area contributed by atoms with Gasteiger partial charge in [-0.3, -0.25) is 14.5 Å². The van der Waals surface area contributed by atoms with Gasteiger partial charge in [-0.05, 0) is 37.1 Å². The summed E-state index contributed by atoms with van der Waals surface area (Å²) < 4.78 is 50.0. The molecule has 2 aliphatic rings. The zero-order chi connectivity index (χ0) is 18.2. The first-order valence-electron chi connectivity index (χ1n) is 7.86. The molecule has 0 bridgehead atoms. The SMILES string of the molecule is O=C1CCCC(=O)N1c1ccc(S(=O)(=O)NC2CCS(=O)(=O)C2)cc1. The summed E-state index contributed by atoms with van der Waals surface area (Å²) in [5, 5.41) is 0. The summed E-state index contributed by atoms with van der Waals surface area (Å²) in [6, 6.07) is 4.77. The number of sulfonamides is 1. The van der Waals surface area contributed by atoms with Crippen molar-refractivity contribution in [2.75, 3.05) is 16.4 Å². The van der Waals surface area contributed by atoms with E-state index in [1.54, 1.807) is 0 Å². The van der Waals surface area contributed by atoms with Crippen LogP contribution in [0.25, 0.3) is 0 Å². The third-order valence-corrected chi connectivity index (χ3v) is 7.54. The number of imide groups is 1. The lowest BCUT2D eigenvalue weighted by Gasteiger charge is -2.25. The Bertz CT molecular complexity index is 890. The van der Waals surface area contributed by atoms with Crippen molar-refractivity contribution in [2.24, 2.45) is 0 Å². The number of anilines is 1. The van der Waals surface area contributed by atoms with E-state index < -0.39 is 25.9 Å². The maximum Gasteiger partial charge on any atom is 0.240 e. The summed E-state index contributed by atoms with van der Waals surface area (Å²) in [6.45, 7) is 0. The zero-order valence-corrected chi connectivity index (χ0v) is 15.0. The maximum atomic E-state index is 12.4. The fourth-order valence-corrected chi connectivity index (χ4v) is 6.04. The topological polar surface area (TPSA) is 118 Å². The second-order valence-electron chi connectivity index (χ2n) is 6.19. The minimum atomic E-state index is -3.87. The normalized spacial score (nSPS) is 23.8. The Morgan fingerprint density at radius 2 is 1.64 bits per heavy atom. The highest BCUT2D eigenvalue weighted by Gasteiger charge is 2.32. The largest absolute Gasteiger partial charge is 0.274 e. The highest BCUT2D eigenvalue weighted by atomic mass is 32.2. The lowest BCUT2D eigenvalue weighted by Crippen LogP contribution is -2.40. The van der Waals surface area contributed by atoms with Crippen LogP contribution in [0.1, 0.15) is 25.7 Å². The summed E-state index contributed by atoms with van der Waals surface area (Å²) in [7, 11) is -7.06. The molecule has 1 aromatic rings. The highest BCUT2D eigenvalue weighted by molar-refractivity contribution is 7.92. The molecule has 2 aliphatic heterocycles. The molecule has 0 aromatic heterocycles. The number of rotatable bonds is 4. The molecule has 1 N–H and O–H groups in total. The third kappa shape index (κ3) is 3.91. The fraction of sp³-hybridized carbons (Fsp3) is 0.467. The first-order valence-corrected chi connectivity index (χ1v) is 11.2. The van der Waals surface area contributed by atoms with E-state index in [-0.39, 0.29) is 47.5 Å². The van der Waals surface area contributed by atoms with Gasteiger partial charge in [-0.15, -0.1) is 0 Å². The molecule has 0 radical (unpaired) electrons. The predicted molar refractivity (Wildman–Crippen MR) is 90.2 cm³/mol. The van der Waals surface area contributed by atoms with Crippen LogP contribution in [0.15, 0.2) is 29.2 Å². The Labute approximate surface area is 146 Å². The van der Waals surface area contributed by atoms with Crippen LogP contribution < -0.4 is 9.62 Å². The summed E-state index contributed by atoms with van der Waals surface area (Å²) in [5.74, 6) is -0.846. The number of carbonyl (C=O) groups excluding carboxylic acids is 2. The Balaban J connectivity index is 1.77. The van der Waals surface area contributed by atoms with Crippen LogP contribution in [0, 0.1) is 0 Å². The molecule has 10 heteroatoms. The first-order chi connectivity index (χ1) is 11.7. The Morgan fingerprint density at radius 1 is 1.04 bits per heavy atom. The molecule has 3 rings (SSSR count). The van der Waals surface area contributed by atoms with Crippen LogP contribution in [0.5, 0.6) is 0 Å². The van der Waals surface area contributed by atoms with Crippen molar-refractivity contribution in [3.63, 3.8) is 0 Å². The van der Waals surface area contributed by atoms with E-state index in [2.05, 4.69) is 4.72 Å². The molecule has 25 heavy (non-hydrogen) atoms. The molecular formula is C15H18N2O6S2. The van der Waals surface area contributed by atoms with E-state index in [1.165, 1.54) is 24.3 Å². The van der Waals surface area contributed by atoms with Gasteiger partial charge in [0, 0.05) is 18.9 Å².